The summed E-state index contributed by atoms with van der Waals surface area (Å²) in [5.74, 6) is -1.54. The van der Waals surface area contributed by atoms with E-state index in [2.05, 4.69) is 45.9 Å². The minimum atomic E-state index is -2.14. The van der Waals surface area contributed by atoms with Gasteiger partial charge in [-0.3, -0.25) is 0 Å². The van der Waals surface area contributed by atoms with E-state index < -0.39 is 17.5 Å². The monoisotopic (exact) mass is 412 g/mol. The molecule has 4 rings (SSSR count). The van der Waals surface area contributed by atoms with Crippen molar-refractivity contribution in [2.45, 2.75) is 58.2 Å². The van der Waals surface area contributed by atoms with Crippen LogP contribution in [0.2, 0.25) is 0 Å². The highest BCUT2D eigenvalue weighted by Crippen LogP contribution is 2.44. The zero-order valence-electron chi connectivity index (χ0n) is 17.8. The Bertz CT molecular complexity index is 911. The molecule has 0 aromatic heterocycles. The van der Waals surface area contributed by atoms with Crippen LogP contribution >= 0.6 is 0 Å². The van der Waals surface area contributed by atoms with Gasteiger partial charge in [0.05, 0.1) is 0 Å². The first-order valence-electron chi connectivity index (χ1n) is 9.99. The van der Waals surface area contributed by atoms with E-state index in [9.17, 15) is 9.59 Å². The van der Waals surface area contributed by atoms with Gasteiger partial charge in [0.2, 0.25) is 0 Å². The number of aryl methyl sites for hydroxylation is 1. The lowest BCUT2D eigenvalue weighted by Crippen LogP contribution is -2.53. The molecule has 0 atom stereocenters. The Morgan fingerprint density at radius 1 is 0.800 bits per heavy atom. The van der Waals surface area contributed by atoms with Crippen molar-refractivity contribution < 1.29 is 29.3 Å². The molecule has 2 heterocycles. The van der Waals surface area contributed by atoms with Crippen LogP contribution in [0, 0.1) is 5.41 Å². The Balaban J connectivity index is 0.000000172. The maximum Gasteiger partial charge on any atom is 0.360 e. The lowest BCUT2D eigenvalue weighted by Gasteiger charge is -2.46. The number of carbonyl (C=O) groups is 2. The molecule has 0 unspecified atom stereocenters. The minimum absolute atomic E-state index is 0.0608. The third-order valence-corrected chi connectivity index (χ3v) is 6.29. The molecule has 30 heavy (non-hydrogen) atoms. The summed E-state index contributed by atoms with van der Waals surface area (Å²) in [6.07, 6.45) is 1.42. The van der Waals surface area contributed by atoms with Crippen molar-refractivity contribution in [2.24, 2.45) is 5.41 Å². The van der Waals surface area contributed by atoms with E-state index >= 15 is 0 Å². The minimum Gasteiger partial charge on any atom is -0.487 e. The van der Waals surface area contributed by atoms with Crippen LogP contribution in [-0.2, 0) is 22.4 Å². The van der Waals surface area contributed by atoms with Crippen LogP contribution in [0.15, 0.2) is 48.5 Å². The van der Waals surface area contributed by atoms with E-state index in [1.165, 1.54) is 5.56 Å². The molecule has 0 radical (unpaired) electrons. The summed E-state index contributed by atoms with van der Waals surface area (Å²) < 4.78 is 11.2. The molecule has 6 heteroatoms. The lowest BCUT2D eigenvalue weighted by atomic mass is 9.71. The smallest absolute Gasteiger partial charge is 0.360 e. The fraction of sp³-hybridized carbons (Fsp3) is 0.417. The summed E-state index contributed by atoms with van der Waals surface area (Å²) in [6.45, 7) is 8.87. The van der Waals surface area contributed by atoms with Gasteiger partial charge in [0.25, 0.3) is 0 Å². The maximum absolute atomic E-state index is 11.0. The second-order valence-electron chi connectivity index (χ2n) is 8.93. The van der Waals surface area contributed by atoms with Crippen LogP contribution in [-0.4, -0.2) is 33.4 Å². The van der Waals surface area contributed by atoms with Gasteiger partial charge in [0.1, 0.15) is 17.1 Å². The van der Waals surface area contributed by atoms with E-state index in [-0.39, 0.29) is 17.4 Å². The van der Waals surface area contributed by atoms with Crippen molar-refractivity contribution in [3.05, 3.63) is 59.7 Å². The molecular weight excluding hydrogens is 384 g/mol. The van der Waals surface area contributed by atoms with Crippen molar-refractivity contribution in [2.75, 3.05) is 0 Å². The number of rotatable bonds is 2. The highest BCUT2D eigenvalue weighted by Gasteiger charge is 2.51. The van der Waals surface area contributed by atoms with Gasteiger partial charge in [-0.2, -0.15) is 0 Å². The summed E-state index contributed by atoms with van der Waals surface area (Å²) >= 11 is 0. The molecule has 0 saturated carbocycles. The van der Waals surface area contributed by atoms with E-state index in [0.717, 1.165) is 17.7 Å². The van der Waals surface area contributed by atoms with Crippen LogP contribution in [0.4, 0.5) is 0 Å². The molecule has 0 amide bonds. The Hall–Kier alpha value is -3.02. The largest absolute Gasteiger partial charge is 0.487 e. The van der Waals surface area contributed by atoms with Crippen LogP contribution in [0.1, 0.15) is 45.2 Å². The van der Waals surface area contributed by atoms with Gasteiger partial charge in [0, 0.05) is 11.8 Å². The third-order valence-electron chi connectivity index (χ3n) is 6.29. The Morgan fingerprint density at radius 2 is 1.30 bits per heavy atom. The molecule has 2 aliphatic rings. The van der Waals surface area contributed by atoms with Gasteiger partial charge < -0.3 is 19.7 Å². The number of para-hydroxylation sites is 2. The molecule has 0 saturated heterocycles. The van der Waals surface area contributed by atoms with Gasteiger partial charge in [-0.15, -0.1) is 0 Å². The zero-order valence-corrected chi connectivity index (χ0v) is 17.8. The molecule has 2 aliphatic heterocycles. The molecule has 2 aromatic carbocycles. The summed E-state index contributed by atoms with van der Waals surface area (Å²) in [6, 6.07) is 15.2. The standard InChI is InChI=1S/C13H18O.C11H10O5/c1-12(2)9-10-7-5-6-8-11(10)14-13(12,3)4;12-9(13)11(10(14)15)6-5-7-3-1-2-4-8(7)16-11/h5-8H,9H2,1-4H3;1-4H,5-6H2,(H,12,13)(H,14,15). The highest BCUT2D eigenvalue weighted by molar-refractivity contribution is 6.02. The van der Waals surface area contributed by atoms with Crippen molar-refractivity contribution in [1.29, 1.82) is 0 Å². The molecule has 2 N–H and O–H groups in total. The molecule has 0 bridgehead atoms. The van der Waals surface area contributed by atoms with Crippen molar-refractivity contribution in [3.63, 3.8) is 0 Å². The molecular formula is C24H28O6. The summed E-state index contributed by atoms with van der Waals surface area (Å²) in [4.78, 5) is 22.0. The van der Waals surface area contributed by atoms with Crippen LogP contribution in [0.3, 0.4) is 0 Å². The number of carboxylic acid groups (broad SMARTS) is 2. The first-order chi connectivity index (χ1) is 14.0. The second kappa shape index (κ2) is 7.67. The fourth-order valence-electron chi connectivity index (χ4n) is 3.60. The van der Waals surface area contributed by atoms with Crippen molar-refractivity contribution >= 4 is 11.9 Å². The predicted octanol–water partition coefficient (Wildman–Crippen LogP) is 4.35. The summed E-state index contributed by atoms with van der Waals surface area (Å²) in [7, 11) is 0. The van der Waals surface area contributed by atoms with Crippen molar-refractivity contribution in [1.82, 2.24) is 0 Å². The summed E-state index contributed by atoms with van der Waals surface area (Å²) in [5.41, 5.74) is 0.134. The van der Waals surface area contributed by atoms with Crippen LogP contribution < -0.4 is 9.47 Å². The first kappa shape index (κ1) is 21.7. The van der Waals surface area contributed by atoms with Gasteiger partial charge in [0.15, 0.2) is 0 Å². The molecule has 0 aliphatic carbocycles. The van der Waals surface area contributed by atoms with E-state index in [4.69, 9.17) is 19.7 Å². The Kier molecular flexibility index (Phi) is 5.54. The Labute approximate surface area is 176 Å². The van der Waals surface area contributed by atoms with Crippen LogP contribution in [0.5, 0.6) is 11.5 Å². The summed E-state index contributed by atoms with van der Waals surface area (Å²) in [5, 5.41) is 18.0. The number of hydrogen-bond donors (Lipinski definition) is 2. The van der Waals surface area contributed by atoms with Gasteiger partial charge in [-0.25, -0.2) is 9.59 Å². The predicted molar refractivity (Wildman–Crippen MR) is 112 cm³/mol. The van der Waals surface area contributed by atoms with E-state index in [0.29, 0.717) is 12.2 Å². The number of carboxylic acids is 2. The molecule has 0 fully saturated rings. The number of fused-ring (bicyclic) bond motifs is 2. The fourth-order valence-corrected chi connectivity index (χ4v) is 3.60. The van der Waals surface area contributed by atoms with E-state index in [1.54, 1.807) is 24.3 Å². The number of benzene rings is 2. The number of aliphatic carboxylic acids is 2. The average Bonchev–Trinajstić information content (AvgIpc) is 2.68. The molecule has 160 valence electrons. The van der Waals surface area contributed by atoms with Gasteiger partial charge >= 0.3 is 17.5 Å². The quantitative estimate of drug-likeness (QED) is 0.713. The molecule has 2 aromatic rings. The average molecular weight is 412 g/mol. The zero-order chi connectivity index (χ0) is 22.2. The normalized spacial score (nSPS) is 19.5. The third kappa shape index (κ3) is 3.86. The maximum atomic E-state index is 11.0. The van der Waals surface area contributed by atoms with Gasteiger partial charge in [-0.1, -0.05) is 50.2 Å². The van der Waals surface area contributed by atoms with Crippen molar-refractivity contribution in [3.8, 4) is 11.5 Å². The Morgan fingerprint density at radius 3 is 1.87 bits per heavy atom. The first-order valence-corrected chi connectivity index (χ1v) is 9.99. The molecule has 0 spiro atoms. The number of hydrogen-bond acceptors (Lipinski definition) is 4. The number of ether oxygens (including phenoxy) is 2. The van der Waals surface area contributed by atoms with Crippen LogP contribution in [0.25, 0.3) is 0 Å². The molecule has 6 nitrogen and oxygen atoms in total. The SMILES string of the molecule is CC1(C)Cc2ccccc2OC1(C)C.O=C(O)C1(C(=O)O)CCc2ccccc2O1. The highest BCUT2D eigenvalue weighted by atomic mass is 16.6. The lowest BCUT2D eigenvalue weighted by molar-refractivity contribution is -0.174. The van der Waals surface area contributed by atoms with Gasteiger partial charge in [-0.05, 0) is 49.9 Å². The van der Waals surface area contributed by atoms with E-state index in [1.807, 2.05) is 6.07 Å². The second-order valence-corrected chi connectivity index (χ2v) is 8.93. The topological polar surface area (TPSA) is 93.1 Å².